The van der Waals surface area contributed by atoms with Gasteiger partial charge in [0.15, 0.2) is 11.7 Å². The number of hydrogen-bond donors (Lipinski definition) is 1. The topological polar surface area (TPSA) is 73.6 Å². The summed E-state index contributed by atoms with van der Waals surface area (Å²) in [6, 6.07) is 13.7. The average molecular weight is 437 g/mol. The van der Waals surface area contributed by atoms with E-state index < -0.39 is 0 Å². The van der Waals surface area contributed by atoms with Gasteiger partial charge in [0.1, 0.15) is 11.5 Å². The van der Waals surface area contributed by atoms with Crippen LogP contribution in [0.3, 0.4) is 0 Å². The molecule has 1 N–H and O–H groups in total. The van der Waals surface area contributed by atoms with Gasteiger partial charge in [0, 0.05) is 24.0 Å². The number of nitrogens with zero attached hydrogens (tertiary/aromatic N) is 1. The van der Waals surface area contributed by atoms with Gasteiger partial charge in [-0.25, -0.2) is 4.98 Å². The summed E-state index contributed by atoms with van der Waals surface area (Å²) in [4.78, 5) is 16.8. The van der Waals surface area contributed by atoms with Crippen molar-refractivity contribution < 1.29 is 18.7 Å². The third-order valence-corrected chi connectivity index (χ3v) is 5.28. The number of rotatable bonds is 10. The Morgan fingerprint density at radius 1 is 1.06 bits per heavy atom. The number of hydrogen-bond acceptors (Lipinski definition) is 5. The van der Waals surface area contributed by atoms with Crippen molar-refractivity contribution in [2.24, 2.45) is 5.92 Å². The molecule has 0 saturated carbocycles. The molecule has 6 nitrogen and oxygen atoms in total. The van der Waals surface area contributed by atoms with Crippen molar-refractivity contribution in [3.63, 3.8) is 0 Å². The van der Waals surface area contributed by atoms with E-state index in [2.05, 4.69) is 48.4 Å². The first-order chi connectivity index (χ1) is 15.4. The molecule has 32 heavy (non-hydrogen) atoms. The van der Waals surface area contributed by atoms with Gasteiger partial charge in [0.2, 0.25) is 5.91 Å². The van der Waals surface area contributed by atoms with Gasteiger partial charge >= 0.3 is 0 Å². The first kappa shape index (κ1) is 23.4. The van der Waals surface area contributed by atoms with Gasteiger partial charge in [0.05, 0.1) is 26.5 Å². The Balaban J connectivity index is 1.56. The summed E-state index contributed by atoms with van der Waals surface area (Å²) < 4.78 is 16.6. The molecule has 3 aromatic rings. The molecule has 0 bridgehead atoms. The largest absolute Gasteiger partial charge is 0.497 e. The van der Waals surface area contributed by atoms with Gasteiger partial charge in [-0.05, 0) is 43.0 Å². The molecule has 0 radical (unpaired) electrons. The van der Waals surface area contributed by atoms with Crippen LogP contribution < -0.4 is 14.8 Å². The molecule has 0 saturated heterocycles. The lowest BCUT2D eigenvalue weighted by molar-refractivity contribution is -0.121. The van der Waals surface area contributed by atoms with Crippen molar-refractivity contribution in [1.82, 2.24) is 10.3 Å². The number of carbonyl (C=O) groups excluding carboxylic acids is 1. The molecule has 0 aliphatic heterocycles. The highest BCUT2D eigenvalue weighted by Crippen LogP contribution is 2.29. The second kappa shape index (κ2) is 10.8. The Morgan fingerprint density at radius 3 is 2.47 bits per heavy atom. The number of aromatic nitrogens is 1. The van der Waals surface area contributed by atoms with Gasteiger partial charge in [-0.2, -0.15) is 0 Å². The van der Waals surface area contributed by atoms with Crippen LogP contribution in [0.15, 0.2) is 53.1 Å². The normalized spacial score (nSPS) is 11.9. The SMILES string of the molecule is COc1ccc(OC)c([C@H](C)NC(=O)CCc2ncc(-c3ccc(CC(C)C)cc3)o2)c1. The average Bonchev–Trinajstić information content (AvgIpc) is 3.26. The highest BCUT2D eigenvalue weighted by atomic mass is 16.5. The Hall–Kier alpha value is -3.28. The Bertz CT molecular complexity index is 1020. The zero-order valence-electron chi connectivity index (χ0n) is 19.5. The Kier molecular flexibility index (Phi) is 7.92. The third-order valence-electron chi connectivity index (χ3n) is 5.28. The number of carbonyl (C=O) groups is 1. The zero-order valence-corrected chi connectivity index (χ0v) is 19.5. The maximum Gasteiger partial charge on any atom is 0.220 e. The molecular weight excluding hydrogens is 404 g/mol. The molecular formula is C26H32N2O4. The summed E-state index contributed by atoms with van der Waals surface area (Å²) in [5, 5.41) is 3.01. The van der Waals surface area contributed by atoms with E-state index >= 15 is 0 Å². The van der Waals surface area contributed by atoms with E-state index in [0.29, 0.717) is 35.5 Å². The summed E-state index contributed by atoms with van der Waals surface area (Å²) in [5.41, 5.74) is 3.15. The quantitative estimate of drug-likeness (QED) is 0.463. The predicted octanol–water partition coefficient (Wildman–Crippen LogP) is 5.37. The van der Waals surface area contributed by atoms with Crippen LogP contribution in [0.25, 0.3) is 11.3 Å². The van der Waals surface area contributed by atoms with Crippen molar-refractivity contribution in [2.45, 2.75) is 46.1 Å². The number of nitrogens with one attached hydrogen (secondary N) is 1. The van der Waals surface area contributed by atoms with Crippen molar-refractivity contribution in [2.75, 3.05) is 14.2 Å². The van der Waals surface area contributed by atoms with E-state index in [0.717, 1.165) is 17.5 Å². The molecule has 0 unspecified atom stereocenters. The molecule has 1 aromatic heterocycles. The van der Waals surface area contributed by atoms with Gasteiger partial charge in [0.25, 0.3) is 0 Å². The van der Waals surface area contributed by atoms with Crippen LogP contribution in [0.2, 0.25) is 0 Å². The Labute approximate surface area is 190 Å². The summed E-state index contributed by atoms with van der Waals surface area (Å²) in [7, 11) is 3.22. The minimum atomic E-state index is -0.225. The lowest BCUT2D eigenvalue weighted by Gasteiger charge is -2.18. The molecule has 1 amide bonds. The van der Waals surface area contributed by atoms with E-state index in [1.54, 1.807) is 20.4 Å². The fourth-order valence-corrected chi connectivity index (χ4v) is 3.63. The van der Waals surface area contributed by atoms with E-state index in [1.165, 1.54) is 5.56 Å². The van der Waals surface area contributed by atoms with Crippen LogP contribution in [0.4, 0.5) is 0 Å². The van der Waals surface area contributed by atoms with Crippen molar-refractivity contribution in [3.8, 4) is 22.8 Å². The number of ether oxygens (including phenoxy) is 2. The molecule has 1 atom stereocenters. The molecule has 2 aromatic carbocycles. The number of methoxy groups -OCH3 is 2. The van der Waals surface area contributed by atoms with Crippen LogP contribution in [0.5, 0.6) is 11.5 Å². The molecule has 6 heteroatoms. The first-order valence-electron chi connectivity index (χ1n) is 10.9. The van der Waals surface area contributed by atoms with Gasteiger partial charge in [-0.15, -0.1) is 0 Å². The minimum absolute atomic E-state index is 0.0832. The smallest absolute Gasteiger partial charge is 0.220 e. The molecule has 0 spiro atoms. The van der Waals surface area contributed by atoms with Gasteiger partial charge < -0.3 is 19.2 Å². The lowest BCUT2D eigenvalue weighted by atomic mass is 10.0. The van der Waals surface area contributed by atoms with Gasteiger partial charge in [-0.3, -0.25) is 4.79 Å². The third kappa shape index (κ3) is 6.13. The van der Waals surface area contributed by atoms with Crippen molar-refractivity contribution >= 4 is 5.91 Å². The maximum absolute atomic E-state index is 12.5. The van der Waals surface area contributed by atoms with E-state index in [1.807, 2.05) is 25.1 Å². The fraction of sp³-hybridized carbons (Fsp3) is 0.385. The van der Waals surface area contributed by atoms with Crippen LogP contribution in [0.1, 0.15) is 50.3 Å². The van der Waals surface area contributed by atoms with Crippen LogP contribution in [-0.2, 0) is 17.6 Å². The summed E-state index contributed by atoms with van der Waals surface area (Å²) in [6.45, 7) is 6.34. The maximum atomic E-state index is 12.5. The van der Waals surface area contributed by atoms with E-state index in [-0.39, 0.29) is 18.4 Å². The minimum Gasteiger partial charge on any atom is -0.497 e. The van der Waals surface area contributed by atoms with Crippen molar-refractivity contribution in [3.05, 3.63) is 65.7 Å². The number of benzene rings is 2. The molecule has 0 aliphatic carbocycles. The van der Waals surface area contributed by atoms with Crippen LogP contribution in [0, 0.1) is 5.92 Å². The standard InChI is InChI=1S/C26H32N2O4/c1-17(2)14-19-6-8-20(9-7-19)24-16-27-26(32-24)13-12-25(29)28-18(3)22-15-21(30-4)10-11-23(22)31-5/h6-11,15-18H,12-14H2,1-5H3,(H,28,29)/t18-/m0/s1. The summed E-state index contributed by atoms with van der Waals surface area (Å²) in [5.74, 6) is 3.22. The Morgan fingerprint density at radius 2 is 1.81 bits per heavy atom. The first-order valence-corrected chi connectivity index (χ1v) is 10.9. The molecule has 3 rings (SSSR count). The molecule has 0 fully saturated rings. The summed E-state index contributed by atoms with van der Waals surface area (Å²) in [6.07, 6.45) is 3.48. The van der Waals surface area contributed by atoms with Gasteiger partial charge in [-0.1, -0.05) is 38.1 Å². The van der Waals surface area contributed by atoms with Crippen LogP contribution in [-0.4, -0.2) is 25.1 Å². The van der Waals surface area contributed by atoms with Crippen molar-refractivity contribution in [1.29, 1.82) is 0 Å². The van der Waals surface area contributed by atoms with E-state index in [4.69, 9.17) is 13.9 Å². The fourth-order valence-electron chi connectivity index (χ4n) is 3.63. The van der Waals surface area contributed by atoms with E-state index in [9.17, 15) is 4.79 Å². The van der Waals surface area contributed by atoms with Crippen LogP contribution >= 0.6 is 0 Å². The predicted molar refractivity (Wildman–Crippen MR) is 125 cm³/mol. The number of amides is 1. The molecule has 170 valence electrons. The second-order valence-corrected chi connectivity index (χ2v) is 8.31. The highest BCUT2D eigenvalue weighted by molar-refractivity contribution is 5.76. The monoisotopic (exact) mass is 436 g/mol. The molecule has 1 heterocycles. The molecule has 0 aliphatic rings. The second-order valence-electron chi connectivity index (χ2n) is 8.31. The zero-order chi connectivity index (χ0) is 23.1. The number of oxazole rings is 1. The number of aryl methyl sites for hydroxylation is 1. The lowest BCUT2D eigenvalue weighted by Crippen LogP contribution is -2.27. The summed E-state index contributed by atoms with van der Waals surface area (Å²) >= 11 is 0. The highest BCUT2D eigenvalue weighted by Gasteiger charge is 2.16.